The summed E-state index contributed by atoms with van der Waals surface area (Å²) >= 11 is 3.01. The molecular formula is C12H19NO2S2. The molecule has 0 bridgehead atoms. The van der Waals surface area contributed by atoms with Gasteiger partial charge in [-0.25, -0.2) is 0 Å². The summed E-state index contributed by atoms with van der Waals surface area (Å²) in [6.45, 7) is 4.05. The van der Waals surface area contributed by atoms with E-state index in [1.165, 1.54) is 11.3 Å². The van der Waals surface area contributed by atoms with Gasteiger partial charge in [0.2, 0.25) is 0 Å². The van der Waals surface area contributed by atoms with Crippen LogP contribution in [-0.2, 0) is 6.42 Å². The number of aryl methyl sites for hydroxylation is 1. The smallest absolute Gasteiger partial charge is 0.261 e. The molecule has 5 heteroatoms. The second-order valence-corrected chi connectivity index (χ2v) is 6.02. The number of nitrogens with one attached hydrogen (secondary N) is 1. The summed E-state index contributed by atoms with van der Waals surface area (Å²) in [5.74, 6) is 0.525. The van der Waals surface area contributed by atoms with Crippen molar-refractivity contribution in [2.45, 2.75) is 25.9 Å². The molecule has 1 heterocycles. The van der Waals surface area contributed by atoms with Gasteiger partial charge in [0.05, 0.1) is 10.5 Å². The summed E-state index contributed by atoms with van der Waals surface area (Å²) in [6, 6.07) is 1.97. The van der Waals surface area contributed by atoms with Crippen molar-refractivity contribution in [3.63, 3.8) is 0 Å². The van der Waals surface area contributed by atoms with E-state index in [-0.39, 0.29) is 12.5 Å². The molecule has 0 aliphatic heterocycles. The molecule has 0 aromatic carbocycles. The lowest BCUT2D eigenvalue weighted by Gasteiger charge is -2.22. The van der Waals surface area contributed by atoms with Crippen LogP contribution in [0.15, 0.2) is 11.4 Å². The van der Waals surface area contributed by atoms with E-state index < -0.39 is 5.60 Å². The van der Waals surface area contributed by atoms with Gasteiger partial charge in [-0.15, -0.1) is 11.3 Å². The third kappa shape index (κ3) is 4.33. The first-order valence-corrected chi connectivity index (χ1v) is 7.83. The number of hydrogen-bond donors (Lipinski definition) is 2. The first-order chi connectivity index (χ1) is 8.00. The Morgan fingerprint density at radius 2 is 2.35 bits per heavy atom. The summed E-state index contributed by atoms with van der Waals surface area (Å²) < 4.78 is 0. The van der Waals surface area contributed by atoms with E-state index in [9.17, 15) is 9.90 Å². The lowest BCUT2D eigenvalue weighted by Crippen LogP contribution is -2.42. The monoisotopic (exact) mass is 273 g/mol. The van der Waals surface area contributed by atoms with Crippen molar-refractivity contribution in [1.29, 1.82) is 0 Å². The van der Waals surface area contributed by atoms with Crippen LogP contribution in [0, 0.1) is 0 Å². The minimum absolute atomic E-state index is 0.0850. The fourth-order valence-corrected chi connectivity index (χ4v) is 3.16. The number of thioether (sulfide) groups is 1. The van der Waals surface area contributed by atoms with Crippen molar-refractivity contribution in [2.75, 3.05) is 18.6 Å². The molecule has 0 aliphatic rings. The zero-order valence-electron chi connectivity index (χ0n) is 10.4. The van der Waals surface area contributed by atoms with E-state index in [1.54, 1.807) is 18.7 Å². The second kappa shape index (κ2) is 6.42. The maximum Gasteiger partial charge on any atom is 0.261 e. The predicted molar refractivity (Wildman–Crippen MR) is 75.0 cm³/mol. The van der Waals surface area contributed by atoms with E-state index in [2.05, 4.69) is 5.32 Å². The van der Waals surface area contributed by atoms with Crippen molar-refractivity contribution in [3.8, 4) is 0 Å². The molecule has 0 spiro atoms. The largest absolute Gasteiger partial charge is 0.387 e. The molecule has 0 saturated heterocycles. The van der Waals surface area contributed by atoms with E-state index >= 15 is 0 Å². The van der Waals surface area contributed by atoms with Crippen LogP contribution in [0.4, 0.5) is 0 Å². The fourth-order valence-electron chi connectivity index (χ4n) is 1.53. The molecule has 1 aromatic heterocycles. The van der Waals surface area contributed by atoms with E-state index in [0.29, 0.717) is 5.75 Å². The lowest BCUT2D eigenvalue weighted by molar-refractivity contribution is 0.0727. The number of carbonyl (C=O) groups is 1. The van der Waals surface area contributed by atoms with Crippen molar-refractivity contribution < 1.29 is 9.90 Å². The van der Waals surface area contributed by atoms with Gasteiger partial charge < -0.3 is 10.4 Å². The number of hydrogen-bond acceptors (Lipinski definition) is 4. The van der Waals surface area contributed by atoms with E-state index in [1.807, 2.05) is 24.6 Å². The van der Waals surface area contributed by atoms with Gasteiger partial charge in [0.15, 0.2) is 0 Å². The van der Waals surface area contributed by atoms with Crippen molar-refractivity contribution in [3.05, 3.63) is 21.9 Å². The van der Waals surface area contributed by atoms with Gasteiger partial charge in [-0.2, -0.15) is 11.8 Å². The Morgan fingerprint density at radius 1 is 1.65 bits per heavy atom. The van der Waals surface area contributed by atoms with Gasteiger partial charge >= 0.3 is 0 Å². The van der Waals surface area contributed by atoms with Crippen LogP contribution >= 0.6 is 23.1 Å². The minimum Gasteiger partial charge on any atom is -0.387 e. The molecule has 1 rings (SSSR count). The zero-order chi connectivity index (χ0) is 12.9. The first-order valence-electron chi connectivity index (χ1n) is 5.56. The average Bonchev–Trinajstić information content (AvgIpc) is 2.74. The molecule has 0 radical (unpaired) electrons. The molecule has 0 saturated carbocycles. The van der Waals surface area contributed by atoms with E-state index in [0.717, 1.165) is 16.9 Å². The highest BCUT2D eigenvalue weighted by molar-refractivity contribution is 7.98. The molecule has 0 aliphatic carbocycles. The molecular weight excluding hydrogens is 254 g/mol. The second-order valence-electron chi connectivity index (χ2n) is 4.24. The Morgan fingerprint density at radius 3 is 2.94 bits per heavy atom. The van der Waals surface area contributed by atoms with Gasteiger partial charge in [-0.05, 0) is 36.6 Å². The number of thiophene rings is 1. The van der Waals surface area contributed by atoms with Crippen LogP contribution in [0.1, 0.15) is 29.1 Å². The number of aliphatic hydroxyl groups is 1. The molecule has 2 N–H and O–H groups in total. The van der Waals surface area contributed by atoms with Gasteiger partial charge in [-0.3, -0.25) is 4.79 Å². The van der Waals surface area contributed by atoms with Crippen molar-refractivity contribution in [1.82, 2.24) is 5.32 Å². The molecule has 96 valence electrons. The Bertz CT molecular complexity index is 374. The highest BCUT2D eigenvalue weighted by Crippen LogP contribution is 2.17. The molecule has 1 amide bonds. The molecule has 17 heavy (non-hydrogen) atoms. The Kier molecular flexibility index (Phi) is 5.49. The Hall–Kier alpha value is -0.520. The maximum absolute atomic E-state index is 11.9. The molecule has 0 fully saturated rings. The quantitative estimate of drug-likeness (QED) is 0.835. The van der Waals surface area contributed by atoms with Crippen LogP contribution < -0.4 is 5.32 Å². The Balaban J connectivity index is 2.56. The van der Waals surface area contributed by atoms with Crippen molar-refractivity contribution in [2.24, 2.45) is 0 Å². The average molecular weight is 273 g/mol. The summed E-state index contributed by atoms with van der Waals surface area (Å²) in [7, 11) is 0. The molecule has 1 unspecified atom stereocenters. The summed E-state index contributed by atoms with van der Waals surface area (Å²) in [5.41, 5.74) is 0.218. The third-order valence-electron chi connectivity index (χ3n) is 2.42. The van der Waals surface area contributed by atoms with Gasteiger partial charge in [0, 0.05) is 12.3 Å². The summed E-state index contributed by atoms with van der Waals surface area (Å²) in [6.07, 6.45) is 2.79. The highest BCUT2D eigenvalue weighted by Gasteiger charge is 2.21. The first kappa shape index (κ1) is 14.5. The predicted octanol–water partition coefficient (Wildman–Crippen LogP) is 2.15. The summed E-state index contributed by atoms with van der Waals surface area (Å²) in [4.78, 5) is 12.7. The minimum atomic E-state index is -0.848. The zero-order valence-corrected chi connectivity index (χ0v) is 12.1. The topological polar surface area (TPSA) is 49.3 Å². The van der Waals surface area contributed by atoms with Crippen LogP contribution in [0.25, 0.3) is 0 Å². The van der Waals surface area contributed by atoms with E-state index in [4.69, 9.17) is 0 Å². The molecule has 1 aromatic rings. The third-order valence-corrected chi connectivity index (χ3v) is 4.28. The summed E-state index contributed by atoms with van der Waals surface area (Å²) in [5, 5.41) is 14.7. The molecule has 1 atom stereocenters. The lowest BCUT2D eigenvalue weighted by atomic mass is 10.1. The van der Waals surface area contributed by atoms with Crippen molar-refractivity contribution >= 4 is 29.0 Å². The van der Waals surface area contributed by atoms with Crippen LogP contribution in [-0.4, -0.2) is 35.2 Å². The SMILES string of the molecule is CCc1ccsc1C(=O)NCC(C)(O)CSC. The highest BCUT2D eigenvalue weighted by atomic mass is 32.2. The Labute approximate surface area is 111 Å². The number of amides is 1. The van der Waals surface area contributed by atoms with Crippen LogP contribution in [0.3, 0.4) is 0 Å². The van der Waals surface area contributed by atoms with Crippen LogP contribution in [0.2, 0.25) is 0 Å². The van der Waals surface area contributed by atoms with Crippen LogP contribution in [0.5, 0.6) is 0 Å². The fraction of sp³-hybridized carbons (Fsp3) is 0.583. The maximum atomic E-state index is 11.9. The number of carbonyl (C=O) groups excluding carboxylic acids is 1. The van der Waals surface area contributed by atoms with Gasteiger partial charge in [0.1, 0.15) is 0 Å². The molecule has 3 nitrogen and oxygen atoms in total. The van der Waals surface area contributed by atoms with Gasteiger partial charge in [-0.1, -0.05) is 6.92 Å². The normalized spacial score (nSPS) is 14.4. The standard InChI is InChI=1S/C12H19NO2S2/c1-4-9-5-6-17-10(9)11(14)13-7-12(2,15)8-16-3/h5-6,15H,4,7-8H2,1-3H3,(H,13,14). The van der Waals surface area contributed by atoms with Gasteiger partial charge in [0.25, 0.3) is 5.91 Å². The number of rotatable bonds is 6.